The molecule has 0 saturated heterocycles. The Morgan fingerprint density at radius 1 is 1.31 bits per heavy atom. The Hall–Kier alpha value is -2.22. The molecule has 0 aliphatic heterocycles. The molecule has 2 unspecified atom stereocenters. The van der Waals surface area contributed by atoms with Crippen LogP contribution in [0.5, 0.6) is 11.5 Å². The number of amides is 1. The number of nitrogens with one attached hydrogen (secondary N) is 1. The third-order valence-corrected chi connectivity index (χ3v) is 5.03. The highest BCUT2D eigenvalue weighted by atomic mass is 16.5. The van der Waals surface area contributed by atoms with E-state index < -0.39 is 0 Å². The molecule has 2 rings (SSSR count). The molecule has 0 radical (unpaired) electrons. The predicted molar refractivity (Wildman–Crippen MR) is 101 cm³/mol. The molecule has 1 fully saturated rings. The second-order valence-corrected chi connectivity index (χ2v) is 6.94. The van der Waals surface area contributed by atoms with Gasteiger partial charge in [0.15, 0.2) is 11.5 Å². The monoisotopic (exact) mass is 358 g/mol. The van der Waals surface area contributed by atoms with Gasteiger partial charge in [0.2, 0.25) is 5.91 Å². The Bertz CT molecular complexity index is 624. The summed E-state index contributed by atoms with van der Waals surface area (Å²) in [4.78, 5) is 12.2. The van der Waals surface area contributed by atoms with E-state index in [0.29, 0.717) is 48.5 Å². The third kappa shape index (κ3) is 5.94. The molecule has 5 nitrogen and oxygen atoms in total. The first-order chi connectivity index (χ1) is 12.7. The molecular formula is C21H30N2O3. The average molecular weight is 358 g/mol. The highest BCUT2D eigenvalue weighted by Gasteiger charge is 2.27. The summed E-state index contributed by atoms with van der Waals surface area (Å²) in [6, 6.07) is 7.51. The van der Waals surface area contributed by atoms with E-state index in [-0.39, 0.29) is 5.91 Å². The molecule has 1 aliphatic carbocycles. The largest absolute Gasteiger partial charge is 0.493 e. The number of methoxy groups -OCH3 is 1. The highest BCUT2D eigenvalue weighted by Crippen LogP contribution is 2.30. The van der Waals surface area contributed by atoms with Crippen LogP contribution in [0.15, 0.2) is 18.2 Å². The average Bonchev–Trinajstić information content (AvgIpc) is 3.10. The van der Waals surface area contributed by atoms with E-state index >= 15 is 0 Å². The van der Waals surface area contributed by atoms with Gasteiger partial charge < -0.3 is 14.8 Å². The van der Waals surface area contributed by atoms with Gasteiger partial charge in [-0.25, -0.2) is 0 Å². The van der Waals surface area contributed by atoms with E-state index in [2.05, 4.69) is 18.3 Å². The molecule has 1 aromatic rings. The normalized spacial score (nSPS) is 19.0. The standard InChI is InChI=1S/C21H30N2O3/c1-3-4-7-17-8-5-9-18(17)23-21(24)10-6-13-26-19-12-11-16(15-22)14-20(19)25-2/h11-12,14,17-18H,3-10,13H2,1-2H3,(H,23,24). The lowest BCUT2D eigenvalue weighted by molar-refractivity contribution is -0.122. The summed E-state index contributed by atoms with van der Waals surface area (Å²) in [6.45, 7) is 2.66. The maximum Gasteiger partial charge on any atom is 0.220 e. The summed E-state index contributed by atoms with van der Waals surface area (Å²) in [5.74, 6) is 1.91. The number of nitrogens with zero attached hydrogens (tertiary/aromatic N) is 1. The van der Waals surface area contributed by atoms with Gasteiger partial charge in [-0.05, 0) is 43.7 Å². The van der Waals surface area contributed by atoms with Crippen LogP contribution < -0.4 is 14.8 Å². The number of carbonyl (C=O) groups is 1. The quantitative estimate of drug-likeness (QED) is 0.636. The summed E-state index contributed by atoms with van der Waals surface area (Å²) in [5, 5.41) is 12.1. The van der Waals surface area contributed by atoms with E-state index in [9.17, 15) is 4.79 Å². The Balaban J connectivity index is 1.71. The Labute approximate surface area is 156 Å². The van der Waals surface area contributed by atoms with Gasteiger partial charge in [-0.2, -0.15) is 5.26 Å². The van der Waals surface area contributed by atoms with E-state index in [1.54, 1.807) is 25.3 Å². The Morgan fingerprint density at radius 3 is 2.88 bits per heavy atom. The lowest BCUT2D eigenvalue weighted by Crippen LogP contribution is -2.37. The van der Waals surface area contributed by atoms with Crippen LogP contribution in [-0.2, 0) is 4.79 Å². The van der Waals surface area contributed by atoms with Crippen molar-refractivity contribution >= 4 is 5.91 Å². The molecule has 1 aliphatic rings. The van der Waals surface area contributed by atoms with Gasteiger partial charge in [0.25, 0.3) is 0 Å². The fourth-order valence-corrected chi connectivity index (χ4v) is 3.59. The molecule has 0 aromatic heterocycles. The molecule has 1 amide bonds. The van der Waals surface area contributed by atoms with Crippen molar-refractivity contribution in [3.8, 4) is 17.6 Å². The number of hydrogen-bond acceptors (Lipinski definition) is 4. The van der Waals surface area contributed by atoms with Crippen molar-refractivity contribution in [2.45, 2.75) is 64.3 Å². The zero-order chi connectivity index (χ0) is 18.8. The maximum atomic E-state index is 12.2. The lowest BCUT2D eigenvalue weighted by atomic mass is 9.96. The topological polar surface area (TPSA) is 71.3 Å². The molecule has 0 spiro atoms. The minimum Gasteiger partial charge on any atom is -0.493 e. The van der Waals surface area contributed by atoms with Crippen molar-refractivity contribution in [1.82, 2.24) is 5.32 Å². The lowest BCUT2D eigenvalue weighted by Gasteiger charge is -2.21. The summed E-state index contributed by atoms with van der Waals surface area (Å²) in [5.41, 5.74) is 0.530. The number of carbonyl (C=O) groups excluding carboxylic acids is 1. The zero-order valence-corrected chi connectivity index (χ0v) is 15.9. The number of benzene rings is 1. The van der Waals surface area contributed by atoms with Crippen LogP contribution in [0.2, 0.25) is 0 Å². The number of rotatable bonds is 10. The number of unbranched alkanes of at least 4 members (excludes halogenated alkanes) is 1. The summed E-state index contributed by atoms with van der Waals surface area (Å²) in [6.07, 6.45) is 8.39. The van der Waals surface area contributed by atoms with Crippen LogP contribution in [0.4, 0.5) is 0 Å². The second-order valence-electron chi connectivity index (χ2n) is 6.94. The van der Waals surface area contributed by atoms with Gasteiger partial charge in [0.1, 0.15) is 0 Å². The molecule has 0 heterocycles. The number of hydrogen-bond donors (Lipinski definition) is 1. The second kappa shape index (κ2) is 10.7. The molecule has 2 atom stereocenters. The van der Waals surface area contributed by atoms with Crippen molar-refractivity contribution in [3.05, 3.63) is 23.8 Å². The molecule has 1 N–H and O–H groups in total. The van der Waals surface area contributed by atoms with Crippen LogP contribution in [0.25, 0.3) is 0 Å². The van der Waals surface area contributed by atoms with Crippen LogP contribution in [0.3, 0.4) is 0 Å². The van der Waals surface area contributed by atoms with Gasteiger partial charge in [-0.3, -0.25) is 4.79 Å². The SMILES string of the molecule is CCCCC1CCCC1NC(=O)CCCOc1ccc(C#N)cc1OC. The van der Waals surface area contributed by atoms with E-state index in [1.807, 2.05) is 0 Å². The highest BCUT2D eigenvalue weighted by molar-refractivity contribution is 5.76. The third-order valence-electron chi connectivity index (χ3n) is 5.03. The van der Waals surface area contributed by atoms with Gasteiger partial charge in [-0.1, -0.05) is 26.2 Å². The summed E-state index contributed by atoms with van der Waals surface area (Å²) >= 11 is 0. The van der Waals surface area contributed by atoms with Gasteiger partial charge >= 0.3 is 0 Å². The van der Waals surface area contributed by atoms with Crippen LogP contribution >= 0.6 is 0 Å². The molecular weight excluding hydrogens is 328 g/mol. The minimum atomic E-state index is 0.119. The molecule has 26 heavy (non-hydrogen) atoms. The maximum absolute atomic E-state index is 12.2. The fraction of sp³-hybridized carbons (Fsp3) is 0.619. The van der Waals surface area contributed by atoms with Crippen molar-refractivity contribution in [2.75, 3.05) is 13.7 Å². The van der Waals surface area contributed by atoms with Crippen LogP contribution in [0.1, 0.15) is 63.9 Å². The predicted octanol–water partition coefficient (Wildman–Crippen LogP) is 4.20. The molecule has 5 heteroatoms. The number of nitriles is 1. The molecule has 142 valence electrons. The van der Waals surface area contributed by atoms with Crippen molar-refractivity contribution in [2.24, 2.45) is 5.92 Å². The summed E-state index contributed by atoms with van der Waals surface area (Å²) in [7, 11) is 1.55. The van der Waals surface area contributed by atoms with Crippen molar-refractivity contribution in [1.29, 1.82) is 5.26 Å². The van der Waals surface area contributed by atoms with Crippen molar-refractivity contribution in [3.63, 3.8) is 0 Å². The summed E-state index contributed by atoms with van der Waals surface area (Å²) < 4.78 is 11.0. The zero-order valence-electron chi connectivity index (χ0n) is 15.9. The van der Waals surface area contributed by atoms with E-state index in [1.165, 1.54) is 32.1 Å². The Kier molecular flexibility index (Phi) is 8.27. The van der Waals surface area contributed by atoms with Crippen LogP contribution in [-0.4, -0.2) is 25.7 Å². The number of ether oxygens (including phenoxy) is 2. The van der Waals surface area contributed by atoms with Crippen molar-refractivity contribution < 1.29 is 14.3 Å². The van der Waals surface area contributed by atoms with E-state index in [4.69, 9.17) is 14.7 Å². The van der Waals surface area contributed by atoms with Gasteiger partial charge in [0, 0.05) is 18.5 Å². The Morgan fingerprint density at radius 2 is 2.15 bits per heavy atom. The first-order valence-corrected chi connectivity index (χ1v) is 9.68. The first kappa shape index (κ1) is 20.1. The molecule has 0 bridgehead atoms. The minimum absolute atomic E-state index is 0.119. The van der Waals surface area contributed by atoms with Crippen LogP contribution in [0, 0.1) is 17.2 Å². The van der Waals surface area contributed by atoms with E-state index in [0.717, 1.165) is 6.42 Å². The fourth-order valence-electron chi connectivity index (χ4n) is 3.59. The molecule has 1 saturated carbocycles. The first-order valence-electron chi connectivity index (χ1n) is 9.68. The van der Waals surface area contributed by atoms with Gasteiger partial charge in [-0.15, -0.1) is 0 Å². The molecule has 1 aromatic carbocycles. The smallest absolute Gasteiger partial charge is 0.220 e. The van der Waals surface area contributed by atoms with Gasteiger partial charge in [0.05, 0.1) is 25.3 Å².